The van der Waals surface area contributed by atoms with Crippen LogP contribution < -0.4 is 5.73 Å². The van der Waals surface area contributed by atoms with Crippen molar-refractivity contribution < 1.29 is 8.78 Å². The first kappa shape index (κ1) is 10.5. The summed E-state index contributed by atoms with van der Waals surface area (Å²) in [4.78, 5) is 3.97. The first-order valence-electron chi connectivity index (χ1n) is 4.76. The van der Waals surface area contributed by atoms with Gasteiger partial charge in [0.15, 0.2) is 11.6 Å². The summed E-state index contributed by atoms with van der Waals surface area (Å²) in [6.07, 6.45) is 0. The van der Waals surface area contributed by atoms with Gasteiger partial charge >= 0.3 is 0 Å². The van der Waals surface area contributed by atoms with Crippen LogP contribution in [0, 0.1) is 18.6 Å². The molecule has 2 nitrogen and oxygen atoms in total. The molecule has 0 aliphatic carbocycles. The molecule has 0 saturated heterocycles. The summed E-state index contributed by atoms with van der Waals surface area (Å²) in [5.41, 5.74) is 6.94. The average Bonchev–Trinajstić information content (AvgIpc) is 2.20. The van der Waals surface area contributed by atoms with E-state index in [1.165, 1.54) is 18.2 Å². The second kappa shape index (κ2) is 3.89. The lowest BCUT2D eigenvalue weighted by Crippen LogP contribution is -1.95. The van der Waals surface area contributed by atoms with E-state index in [1.807, 2.05) is 0 Å². The first-order chi connectivity index (χ1) is 7.58. The van der Waals surface area contributed by atoms with E-state index in [-0.39, 0.29) is 5.56 Å². The molecular formula is C12H10F2N2. The lowest BCUT2D eigenvalue weighted by Gasteiger charge is -2.06. The molecule has 0 aliphatic heterocycles. The zero-order valence-electron chi connectivity index (χ0n) is 8.67. The highest BCUT2D eigenvalue weighted by Gasteiger charge is 2.10. The number of nitrogens with zero attached hydrogens (tertiary/aromatic N) is 1. The van der Waals surface area contributed by atoms with Crippen LogP contribution >= 0.6 is 0 Å². The van der Waals surface area contributed by atoms with Gasteiger partial charge in [0.1, 0.15) is 5.82 Å². The Morgan fingerprint density at radius 1 is 1.19 bits per heavy atom. The van der Waals surface area contributed by atoms with Gasteiger partial charge in [-0.3, -0.25) is 0 Å². The molecular weight excluding hydrogens is 210 g/mol. The topological polar surface area (TPSA) is 38.9 Å². The van der Waals surface area contributed by atoms with E-state index in [4.69, 9.17) is 5.73 Å². The van der Waals surface area contributed by atoms with E-state index in [9.17, 15) is 8.78 Å². The fourth-order valence-corrected chi connectivity index (χ4v) is 1.58. The van der Waals surface area contributed by atoms with E-state index in [0.29, 0.717) is 17.1 Å². The smallest absolute Gasteiger partial charge is 0.166 e. The van der Waals surface area contributed by atoms with Crippen LogP contribution in [0.3, 0.4) is 0 Å². The molecule has 0 fully saturated rings. The second-order valence-electron chi connectivity index (χ2n) is 3.52. The van der Waals surface area contributed by atoms with Gasteiger partial charge in [0, 0.05) is 11.3 Å². The number of hydrogen-bond acceptors (Lipinski definition) is 2. The summed E-state index contributed by atoms with van der Waals surface area (Å²) >= 11 is 0. The SMILES string of the molecule is Cc1cc(-c2cccc(F)c2F)cc(N)n1. The zero-order chi connectivity index (χ0) is 11.7. The van der Waals surface area contributed by atoms with Gasteiger partial charge in [-0.25, -0.2) is 13.8 Å². The maximum absolute atomic E-state index is 13.5. The molecule has 0 aliphatic rings. The molecule has 1 aromatic heterocycles. The van der Waals surface area contributed by atoms with Crippen molar-refractivity contribution in [1.29, 1.82) is 0 Å². The number of aromatic nitrogens is 1. The predicted octanol–water partition coefficient (Wildman–Crippen LogP) is 2.92. The van der Waals surface area contributed by atoms with Gasteiger partial charge in [-0.2, -0.15) is 0 Å². The van der Waals surface area contributed by atoms with Crippen LogP contribution in [0.5, 0.6) is 0 Å². The Hall–Kier alpha value is -1.97. The van der Waals surface area contributed by atoms with E-state index in [0.717, 1.165) is 6.07 Å². The van der Waals surface area contributed by atoms with Gasteiger partial charge in [0.25, 0.3) is 0 Å². The van der Waals surface area contributed by atoms with Crippen LogP contribution in [0.4, 0.5) is 14.6 Å². The molecule has 0 unspecified atom stereocenters. The highest BCUT2D eigenvalue weighted by molar-refractivity contribution is 5.67. The van der Waals surface area contributed by atoms with Gasteiger partial charge in [0.05, 0.1) is 0 Å². The highest BCUT2D eigenvalue weighted by atomic mass is 19.2. The van der Waals surface area contributed by atoms with Crippen LogP contribution in [0.15, 0.2) is 30.3 Å². The Morgan fingerprint density at radius 2 is 1.94 bits per heavy atom. The summed E-state index contributed by atoms with van der Waals surface area (Å²) in [6, 6.07) is 7.22. The molecule has 0 radical (unpaired) electrons. The normalized spacial score (nSPS) is 10.4. The van der Waals surface area contributed by atoms with Gasteiger partial charge in [-0.1, -0.05) is 12.1 Å². The minimum absolute atomic E-state index is 0.192. The fourth-order valence-electron chi connectivity index (χ4n) is 1.58. The van der Waals surface area contributed by atoms with E-state index in [2.05, 4.69) is 4.98 Å². The average molecular weight is 220 g/mol. The summed E-state index contributed by atoms with van der Waals surface area (Å²) < 4.78 is 26.6. The first-order valence-corrected chi connectivity index (χ1v) is 4.76. The third kappa shape index (κ3) is 1.86. The van der Waals surface area contributed by atoms with Crippen LogP contribution in [-0.4, -0.2) is 4.98 Å². The van der Waals surface area contributed by atoms with Crippen LogP contribution in [-0.2, 0) is 0 Å². The van der Waals surface area contributed by atoms with Crippen molar-refractivity contribution in [2.24, 2.45) is 0 Å². The predicted molar refractivity (Wildman–Crippen MR) is 58.7 cm³/mol. The third-order valence-electron chi connectivity index (χ3n) is 2.24. The number of halogens is 2. The molecule has 0 saturated carbocycles. The van der Waals surface area contributed by atoms with Crippen molar-refractivity contribution in [3.63, 3.8) is 0 Å². The van der Waals surface area contributed by atoms with Crippen molar-refractivity contribution >= 4 is 5.82 Å². The number of nitrogen functional groups attached to an aromatic ring is 1. The molecule has 2 N–H and O–H groups in total. The maximum atomic E-state index is 13.5. The molecule has 2 aromatic rings. The maximum Gasteiger partial charge on any atom is 0.166 e. The summed E-state index contributed by atoms with van der Waals surface area (Å²) in [6.45, 7) is 1.75. The zero-order valence-corrected chi connectivity index (χ0v) is 8.67. The molecule has 82 valence electrons. The number of benzene rings is 1. The Bertz CT molecular complexity index is 518. The second-order valence-corrected chi connectivity index (χ2v) is 3.52. The molecule has 0 bridgehead atoms. The van der Waals surface area contributed by atoms with Crippen molar-refractivity contribution in [3.8, 4) is 11.1 Å². The van der Waals surface area contributed by atoms with Crippen LogP contribution in [0.2, 0.25) is 0 Å². The van der Waals surface area contributed by atoms with Gasteiger partial charge in [-0.05, 0) is 30.7 Å². The number of hydrogen-bond donors (Lipinski definition) is 1. The minimum Gasteiger partial charge on any atom is -0.384 e. The highest BCUT2D eigenvalue weighted by Crippen LogP contribution is 2.25. The van der Waals surface area contributed by atoms with Gasteiger partial charge < -0.3 is 5.73 Å². The number of pyridine rings is 1. The Morgan fingerprint density at radius 3 is 2.62 bits per heavy atom. The molecule has 16 heavy (non-hydrogen) atoms. The van der Waals surface area contributed by atoms with Gasteiger partial charge in [-0.15, -0.1) is 0 Å². The van der Waals surface area contributed by atoms with E-state index in [1.54, 1.807) is 13.0 Å². The lowest BCUT2D eigenvalue weighted by molar-refractivity contribution is 0.511. The number of anilines is 1. The number of rotatable bonds is 1. The van der Waals surface area contributed by atoms with Crippen molar-refractivity contribution in [3.05, 3.63) is 47.7 Å². The van der Waals surface area contributed by atoms with E-state index >= 15 is 0 Å². The standard InChI is InChI=1S/C12H10F2N2/c1-7-5-8(6-11(15)16-7)9-3-2-4-10(13)12(9)14/h2-6H,1H3,(H2,15,16). The number of aryl methyl sites for hydroxylation is 1. The Balaban J connectivity index is 2.63. The minimum atomic E-state index is -0.870. The monoisotopic (exact) mass is 220 g/mol. The quantitative estimate of drug-likeness (QED) is 0.802. The van der Waals surface area contributed by atoms with Crippen molar-refractivity contribution in [1.82, 2.24) is 4.98 Å². The van der Waals surface area contributed by atoms with Crippen LogP contribution in [0.1, 0.15) is 5.69 Å². The molecule has 4 heteroatoms. The lowest BCUT2D eigenvalue weighted by atomic mass is 10.1. The Kier molecular flexibility index (Phi) is 2.56. The molecule has 2 rings (SSSR count). The van der Waals surface area contributed by atoms with Crippen molar-refractivity contribution in [2.75, 3.05) is 5.73 Å². The molecule has 0 spiro atoms. The largest absolute Gasteiger partial charge is 0.384 e. The summed E-state index contributed by atoms with van der Waals surface area (Å²) in [5.74, 6) is -1.45. The molecule has 0 atom stereocenters. The molecule has 1 heterocycles. The summed E-state index contributed by atoms with van der Waals surface area (Å²) in [7, 11) is 0. The van der Waals surface area contributed by atoms with E-state index < -0.39 is 11.6 Å². The molecule has 1 aromatic carbocycles. The third-order valence-corrected chi connectivity index (χ3v) is 2.24. The Labute approximate surface area is 91.7 Å². The van der Waals surface area contributed by atoms with Crippen LogP contribution in [0.25, 0.3) is 11.1 Å². The number of nitrogens with two attached hydrogens (primary N) is 1. The fraction of sp³-hybridized carbons (Fsp3) is 0.0833. The summed E-state index contributed by atoms with van der Waals surface area (Å²) in [5, 5.41) is 0. The molecule has 0 amide bonds. The van der Waals surface area contributed by atoms with Gasteiger partial charge in [0.2, 0.25) is 0 Å². The van der Waals surface area contributed by atoms with Crippen molar-refractivity contribution in [2.45, 2.75) is 6.92 Å².